The first kappa shape index (κ1) is 26.1. The first-order valence-electron chi connectivity index (χ1n) is 11.1. The van der Waals surface area contributed by atoms with E-state index >= 15 is 0 Å². The molecule has 0 saturated carbocycles. The first-order valence-corrected chi connectivity index (χ1v) is 12.5. The van der Waals surface area contributed by atoms with E-state index in [1.165, 1.54) is 30.3 Å². The van der Waals surface area contributed by atoms with Crippen molar-refractivity contribution in [2.45, 2.75) is 24.1 Å². The molecule has 36 heavy (non-hydrogen) atoms. The van der Waals surface area contributed by atoms with Crippen LogP contribution in [0.3, 0.4) is 0 Å². The molecule has 1 atom stereocenters. The number of nitrogens with zero attached hydrogens (tertiary/aromatic N) is 1. The summed E-state index contributed by atoms with van der Waals surface area (Å²) in [6.45, 7) is 3.94. The Labute approximate surface area is 206 Å². The van der Waals surface area contributed by atoms with E-state index in [1.54, 1.807) is 25.1 Å². The van der Waals surface area contributed by atoms with Crippen molar-refractivity contribution in [3.63, 3.8) is 0 Å². The van der Waals surface area contributed by atoms with Crippen LogP contribution in [0.4, 0.5) is 13.2 Å². The number of carbonyl (C=O) groups excluding carboxylic acids is 1. The maximum atomic E-state index is 13.9. The molecule has 1 aliphatic heterocycles. The minimum Gasteiger partial charge on any atom is -0.426 e. The SMILES string of the molecule is Cc1cccc2c(S(=O)(=O)OC(c3ccc(OC(=O)CN4CCOCC4)cc3)C(F)(F)F)cccc12. The van der Waals surface area contributed by atoms with Crippen LogP contribution < -0.4 is 4.74 Å². The molecular formula is C25H24F3NO6S. The quantitative estimate of drug-likeness (QED) is 0.258. The number of carbonyl (C=O) groups is 1. The van der Waals surface area contributed by atoms with Gasteiger partial charge in [-0.1, -0.05) is 42.5 Å². The van der Waals surface area contributed by atoms with E-state index in [2.05, 4.69) is 0 Å². The summed E-state index contributed by atoms with van der Waals surface area (Å²) < 4.78 is 82.9. The molecule has 4 rings (SSSR count). The van der Waals surface area contributed by atoms with Gasteiger partial charge in [0, 0.05) is 18.5 Å². The van der Waals surface area contributed by atoms with E-state index in [1.807, 2.05) is 4.90 Å². The van der Waals surface area contributed by atoms with E-state index < -0.39 is 33.9 Å². The van der Waals surface area contributed by atoms with E-state index in [4.69, 9.17) is 13.7 Å². The number of ether oxygens (including phenoxy) is 2. The number of alkyl halides is 3. The minimum atomic E-state index is -5.03. The lowest BCUT2D eigenvalue weighted by Crippen LogP contribution is -2.40. The molecule has 3 aromatic carbocycles. The van der Waals surface area contributed by atoms with Crippen molar-refractivity contribution in [1.29, 1.82) is 0 Å². The number of esters is 1. The Balaban J connectivity index is 1.54. The third kappa shape index (κ3) is 6.04. The Kier molecular flexibility index (Phi) is 7.65. The van der Waals surface area contributed by atoms with Crippen LogP contribution in [0.1, 0.15) is 17.2 Å². The molecule has 0 aromatic heterocycles. The molecule has 7 nitrogen and oxygen atoms in total. The van der Waals surface area contributed by atoms with Crippen LogP contribution >= 0.6 is 0 Å². The second-order valence-corrected chi connectivity index (χ2v) is 9.87. The van der Waals surface area contributed by atoms with E-state index in [-0.39, 0.29) is 22.6 Å². The van der Waals surface area contributed by atoms with Crippen LogP contribution in [0.5, 0.6) is 5.75 Å². The van der Waals surface area contributed by atoms with Gasteiger partial charge in [0.2, 0.25) is 0 Å². The second-order valence-electron chi connectivity index (χ2n) is 8.33. The number of morpholine rings is 1. The third-order valence-corrected chi connectivity index (χ3v) is 7.10. The number of hydrogen-bond donors (Lipinski definition) is 0. The molecule has 1 aliphatic rings. The molecule has 0 spiro atoms. The summed E-state index contributed by atoms with van der Waals surface area (Å²) in [6.07, 6.45) is -7.78. The maximum Gasteiger partial charge on any atom is 0.420 e. The van der Waals surface area contributed by atoms with Crippen molar-refractivity contribution in [2.24, 2.45) is 0 Å². The first-order chi connectivity index (χ1) is 17.0. The summed E-state index contributed by atoms with van der Waals surface area (Å²) in [7, 11) is -4.80. The average molecular weight is 524 g/mol. The van der Waals surface area contributed by atoms with Gasteiger partial charge < -0.3 is 9.47 Å². The lowest BCUT2D eigenvalue weighted by molar-refractivity contribution is -0.196. The number of hydrogen-bond acceptors (Lipinski definition) is 7. The van der Waals surface area contributed by atoms with Crippen molar-refractivity contribution in [3.05, 3.63) is 71.8 Å². The van der Waals surface area contributed by atoms with Crippen molar-refractivity contribution < 1.29 is 40.0 Å². The largest absolute Gasteiger partial charge is 0.426 e. The Morgan fingerprint density at radius 1 is 1.00 bits per heavy atom. The molecule has 3 aromatic rings. The Morgan fingerprint density at radius 2 is 1.64 bits per heavy atom. The van der Waals surface area contributed by atoms with Gasteiger partial charge in [-0.15, -0.1) is 0 Å². The zero-order valence-electron chi connectivity index (χ0n) is 19.3. The average Bonchev–Trinajstić information content (AvgIpc) is 2.83. The molecule has 1 fully saturated rings. The summed E-state index contributed by atoms with van der Waals surface area (Å²) in [5, 5.41) is 0.856. The van der Waals surface area contributed by atoms with Crippen LogP contribution in [0.25, 0.3) is 10.8 Å². The van der Waals surface area contributed by atoms with Gasteiger partial charge in [0.25, 0.3) is 10.1 Å². The zero-order chi connectivity index (χ0) is 25.9. The van der Waals surface area contributed by atoms with Gasteiger partial charge in [-0.05, 0) is 41.6 Å². The lowest BCUT2D eigenvalue weighted by atomic mass is 10.1. The highest BCUT2D eigenvalue weighted by atomic mass is 32.2. The van der Waals surface area contributed by atoms with Crippen molar-refractivity contribution in [3.8, 4) is 5.75 Å². The van der Waals surface area contributed by atoms with Crippen LogP contribution in [0.15, 0.2) is 65.6 Å². The van der Waals surface area contributed by atoms with Gasteiger partial charge in [0.15, 0.2) is 6.10 Å². The van der Waals surface area contributed by atoms with E-state index in [0.717, 1.165) is 17.7 Å². The number of benzene rings is 3. The van der Waals surface area contributed by atoms with E-state index in [0.29, 0.717) is 31.7 Å². The Bertz CT molecular complexity index is 1340. The molecule has 1 unspecified atom stereocenters. The summed E-state index contributed by atoms with van der Waals surface area (Å²) in [4.78, 5) is 13.6. The predicted molar refractivity (Wildman–Crippen MR) is 125 cm³/mol. The maximum absolute atomic E-state index is 13.9. The van der Waals surface area contributed by atoms with Gasteiger partial charge in [-0.25, -0.2) is 4.18 Å². The van der Waals surface area contributed by atoms with E-state index in [9.17, 15) is 26.4 Å². The van der Waals surface area contributed by atoms with Gasteiger partial charge in [-0.2, -0.15) is 21.6 Å². The Morgan fingerprint density at radius 3 is 2.31 bits per heavy atom. The number of fused-ring (bicyclic) bond motifs is 1. The van der Waals surface area contributed by atoms with Gasteiger partial charge in [-0.3, -0.25) is 9.69 Å². The highest BCUT2D eigenvalue weighted by molar-refractivity contribution is 7.87. The molecule has 0 N–H and O–H groups in total. The molecule has 0 aliphatic carbocycles. The van der Waals surface area contributed by atoms with Gasteiger partial charge in [0.1, 0.15) is 10.6 Å². The zero-order valence-corrected chi connectivity index (χ0v) is 20.1. The summed E-state index contributed by atoms with van der Waals surface area (Å²) >= 11 is 0. The number of rotatable bonds is 7. The van der Waals surface area contributed by atoms with Crippen molar-refractivity contribution in [2.75, 3.05) is 32.8 Å². The lowest BCUT2D eigenvalue weighted by Gasteiger charge is -2.25. The van der Waals surface area contributed by atoms with Crippen LogP contribution in [0.2, 0.25) is 0 Å². The van der Waals surface area contributed by atoms with Crippen LogP contribution in [0, 0.1) is 6.92 Å². The predicted octanol–water partition coefficient (Wildman–Crippen LogP) is 4.39. The van der Waals surface area contributed by atoms with Crippen molar-refractivity contribution >= 4 is 26.9 Å². The number of halogens is 3. The monoisotopic (exact) mass is 523 g/mol. The topological polar surface area (TPSA) is 82.1 Å². The molecule has 11 heteroatoms. The highest BCUT2D eigenvalue weighted by Gasteiger charge is 2.45. The fourth-order valence-corrected chi connectivity index (χ4v) is 5.22. The highest BCUT2D eigenvalue weighted by Crippen LogP contribution is 2.39. The molecule has 192 valence electrons. The molecule has 0 amide bonds. The summed E-state index contributed by atoms with van der Waals surface area (Å²) in [5.41, 5.74) is 0.325. The number of aryl methyl sites for hydroxylation is 1. The molecular weight excluding hydrogens is 499 g/mol. The van der Waals surface area contributed by atoms with Crippen LogP contribution in [-0.4, -0.2) is 58.3 Å². The standard InChI is InChI=1S/C25H24F3NO6S/c1-17-4-2-6-21-20(17)5-3-7-22(21)36(31,32)35-24(25(26,27)28)18-8-10-19(11-9-18)34-23(30)16-29-12-14-33-15-13-29/h2-11,24H,12-16H2,1H3. The third-order valence-electron chi connectivity index (χ3n) is 5.76. The molecule has 1 saturated heterocycles. The fraction of sp³-hybridized carbons (Fsp3) is 0.320. The fourth-order valence-electron chi connectivity index (χ4n) is 3.95. The second kappa shape index (κ2) is 10.6. The van der Waals surface area contributed by atoms with Gasteiger partial charge >= 0.3 is 12.1 Å². The minimum absolute atomic E-state index is 0.0160. The summed E-state index contributed by atoms with van der Waals surface area (Å²) in [5.74, 6) is -0.535. The normalized spacial score (nSPS) is 16.1. The van der Waals surface area contributed by atoms with Crippen molar-refractivity contribution in [1.82, 2.24) is 4.90 Å². The van der Waals surface area contributed by atoms with Crippen LogP contribution in [-0.2, 0) is 23.8 Å². The molecule has 0 radical (unpaired) electrons. The molecule has 0 bridgehead atoms. The summed E-state index contributed by atoms with van der Waals surface area (Å²) in [6, 6.07) is 13.6. The molecule has 1 heterocycles. The smallest absolute Gasteiger partial charge is 0.420 e. The van der Waals surface area contributed by atoms with Gasteiger partial charge in [0.05, 0.1) is 19.8 Å². The Hall–Kier alpha value is -2.99.